The molecule has 0 aliphatic carbocycles. The van der Waals surface area contributed by atoms with Crippen LogP contribution < -0.4 is 10.6 Å². The number of carbonyl (C=O) groups excluding carboxylic acids is 2. The number of amides is 2. The van der Waals surface area contributed by atoms with Crippen LogP contribution in [0.15, 0.2) is 0 Å². The van der Waals surface area contributed by atoms with Crippen LogP contribution in [0.25, 0.3) is 0 Å². The molecule has 0 radical (unpaired) electrons. The van der Waals surface area contributed by atoms with Crippen LogP contribution in [0.3, 0.4) is 0 Å². The Balaban J connectivity index is 3.96. The average molecular weight is 244 g/mol. The van der Waals surface area contributed by atoms with E-state index in [9.17, 15) is 14.4 Å². The van der Waals surface area contributed by atoms with Gasteiger partial charge in [0.25, 0.3) is 0 Å². The van der Waals surface area contributed by atoms with Gasteiger partial charge in [0.15, 0.2) is 0 Å². The molecular formula is C11H20N2O4. The molecule has 1 atom stereocenters. The Morgan fingerprint density at radius 1 is 1.24 bits per heavy atom. The van der Waals surface area contributed by atoms with E-state index in [1.807, 2.05) is 0 Å². The molecule has 0 aliphatic heterocycles. The van der Waals surface area contributed by atoms with Crippen molar-refractivity contribution in [1.82, 2.24) is 10.6 Å². The van der Waals surface area contributed by atoms with Crippen LogP contribution in [0.4, 0.5) is 0 Å². The second-order valence-electron chi connectivity index (χ2n) is 5.00. The van der Waals surface area contributed by atoms with Crippen molar-refractivity contribution in [2.45, 2.75) is 40.2 Å². The second kappa shape index (κ2) is 6.22. The Morgan fingerprint density at radius 3 is 2.18 bits per heavy atom. The van der Waals surface area contributed by atoms with E-state index in [1.54, 1.807) is 27.7 Å². The van der Waals surface area contributed by atoms with Crippen LogP contribution in [0.1, 0.15) is 34.1 Å². The molecule has 0 bridgehead atoms. The highest BCUT2D eigenvalue weighted by Crippen LogP contribution is 2.11. The number of carboxylic acid groups (broad SMARTS) is 1. The number of rotatable bonds is 5. The van der Waals surface area contributed by atoms with Crippen molar-refractivity contribution in [2.75, 3.05) is 6.54 Å². The van der Waals surface area contributed by atoms with Gasteiger partial charge in [0.2, 0.25) is 11.8 Å². The summed E-state index contributed by atoms with van der Waals surface area (Å²) in [5.74, 6) is -1.59. The Kier molecular flexibility index (Phi) is 5.64. The fourth-order valence-electron chi connectivity index (χ4n) is 1.06. The Morgan fingerprint density at radius 2 is 1.76 bits per heavy atom. The third-order valence-corrected chi connectivity index (χ3v) is 1.98. The van der Waals surface area contributed by atoms with Gasteiger partial charge in [-0.1, -0.05) is 20.8 Å². The van der Waals surface area contributed by atoms with Crippen LogP contribution in [0.2, 0.25) is 0 Å². The summed E-state index contributed by atoms with van der Waals surface area (Å²) in [7, 11) is 0. The Hall–Kier alpha value is -1.59. The van der Waals surface area contributed by atoms with Crippen LogP contribution in [0, 0.1) is 5.41 Å². The van der Waals surface area contributed by atoms with Crippen LogP contribution in [-0.2, 0) is 14.4 Å². The lowest BCUT2D eigenvalue weighted by molar-refractivity contribution is -0.137. The molecule has 0 spiro atoms. The lowest BCUT2D eigenvalue weighted by atomic mass is 9.96. The molecule has 0 saturated heterocycles. The maximum atomic E-state index is 11.4. The molecule has 0 aliphatic rings. The number of carbonyl (C=O) groups is 3. The van der Waals surface area contributed by atoms with Gasteiger partial charge in [-0.2, -0.15) is 0 Å². The predicted molar refractivity (Wildman–Crippen MR) is 62.3 cm³/mol. The van der Waals surface area contributed by atoms with Crippen molar-refractivity contribution in [2.24, 2.45) is 5.41 Å². The van der Waals surface area contributed by atoms with E-state index < -0.39 is 23.3 Å². The third-order valence-electron chi connectivity index (χ3n) is 1.98. The third kappa shape index (κ3) is 7.32. The minimum absolute atomic E-state index is 0.139. The van der Waals surface area contributed by atoms with Crippen molar-refractivity contribution in [3.8, 4) is 0 Å². The van der Waals surface area contributed by atoms with Crippen LogP contribution in [-0.4, -0.2) is 35.5 Å². The first-order chi connectivity index (χ1) is 7.62. The molecule has 6 nitrogen and oxygen atoms in total. The lowest BCUT2D eigenvalue weighted by Gasteiger charge is -2.18. The van der Waals surface area contributed by atoms with Gasteiger partial charge in [-0.3, -0.25) is 14.4 Å². The molecular weight excluding hydrogens is 224 g/mol. The fourth-order valence-corrected chi connectivity index (χ4v) is 1.06. The van der Waals surface area contributed by atoms with E-state index in [2.05, 4.69) is 10.6 Å². The minimum atomic E-state index is -0.975. The molecule has 0 fully saturated rings. The van der Waals surface area contributed by atoms with Gasteiger partial charge in [-0.25, -0.2) is 0 Å². The van der Waals surface area contributed by atoms with Gasteiger partial charge >= 0.3 is 5.97 Å². The highest BCUT2D eigenvalue weighted by molar-refractivity contribution is 5.87. The zero-order valence-electron chi connectivity index (χ0n) is 10.7. The smallest absolute Gasteiger partial charge is 0.305 e. The van der Waals surface area contributed by atoms with Gasteiger partial charge in [-0.15, -0.1) is 0 Å². The van der Waals surface area contributed by atoms with Gasteiger partial charge in [-0.05, 0) is 6.92 Å². The van der Waals surface area contributed by atoms with E-state index in [0.717, 1.165) is 0 Å². The van der Waals surface area contributed by atoms with Crippen molar-refractivity contribution >= 4 is 17.8 Å². The summed E-state index contributed by atoms with van der Waals surface area (Å²) in [5, 5.41) is 13.5. The van der Waals surface area contributed by atoms with Gasteiger partial charge in [0, 0.05) is 11.5 Å². The molecule has 3 N–H and O–H groups in total. The summed E-state index contributed by atoms with van der Waals surface area (Å²) >= 11 is 0. The number of carboxylic acids is 1. The fraction of sp³-hybridized carbons (Fsp3) is 0.727. The summed E-state index contributed by atoms with van der Waals surface area (Å²) in [6, 6.07) is -0.452. The number of nitrogens with one attached hydrogen (secondary N) is 2. The molecule has 0 aromatic carbocycles. The molecule has 6 heteroatoms. The normalized spacial score (nSPS) is 12.7. The van der Waals surface area contributed by atoms with Gasteiger partial charge in [0.05, 0.1) is 13.0 Å². The topological polar surface area (TPSA) is 95.5 Å². The van der Waals surface area contributed by atoms with Crippen LogP contribution in [0.5, 0.6) is 0 Å². The average Bonchev–Trinajstić information content (AvgIpc) is 2.10. The van der Waals surface area contributed by atoms with Crippen molar-refractivity contribution < 1.29 is 19.5 Å². The largest absolute Gasteiger partial charge is 0.481 e. The summed E-state index contributed by atoms with van der Waals surface area (Å²) in [6.07, 6.45) is -0.140. The molecule has 2 amide bonds. The zero-order chi connectivity index (χ0) is 13.6. The van der Waals surface area contributed by atoms with E-state index >= 15 is 0 Å². The molecule has 0 aromatic rings. The summed E-state index contributed by atoms with van der Waals surface area (Å²) in [4.78, 5) is 33.2. The molecule has 98 valence electrons. The molecule has 0 heterocycles. The SMILES string of the molecule is CC(CC(=O)O)NC(=O)CNC(=O)C(C)(C)C. The van der Waals surface area contributed by atoms with Crippen LogP contribution >= 0.6 is 0 Å². The monoisotopic (exact) mass is 244 g/mol. The maximum absolute atomic E-state index is 11.4. The summed E-state index contributed by atoms with van der Waals surface area (Å²) in [6.45, 7) is 6.69. The molecule has 0 saturated carbocycles. The van der Waals surface area contributed by atoms with E-state index in [-0.39, 0.29) is 18.9 Å². The molecule has 1 unspecified atom stereocenters. The number of hydrogen-bond donors (Lipinski definition) is 3. The van der Waals surface area contributed by atoms with Gasteiger partial charge in [0.1, 0.15) is 0 Å². The highest BCUT2D eigenvalue weighted by Gasteiger charge is 2.21. The van der Waals surface area contributed by atoms with Crippen molar-refractivity contribution in [3.63, 3.8) is 0 Å². The minimum Gasteiger partial charge on any atom is -0.481 e. The first kappa shape index (κ1) is 15.4. The standard InChI is InChI=1S/C11H20N2O4/c1-7(5-9(15)16)13-8(14)6-12-10(17)11(2,3)4/h7H,5-6H2,1-4H3,(H,12,17)(H,13,14)(H,15,16). The number of hydrogen-bond acceptors (Lipinski definition) is 3. The maximum Gasteiger partial charge on any atom is 0.305 e. The lowest BCUT2D eigenvalue weighted by Crippen LogP contribution is -2.44. The zero-order valence-corrected chi connectivity index (χ0v) is 10.7. The van der Waals surface area contributed by atoms with E-state index in [4.69, 9.17) is 5.11 Å². The number of aliphatic carboxylic acids is 1. The first-order valence-electron chi connectivity index (χ1n) is 5.42. The van der Waals surface area contributed by atoms with Gasteiger partial charge < -0.3 is 15.7 Å². The quantitative estimate of drug-likeness (QED) is 0.640. The van der Waals surface area contributed by atoms with Crippen molar-refractivity contribution in [3.05, 3.63) is 0 Å². The molecule has 0 rings (SSSR count). The van der Waals surface area contributed by atoms with E-state index in [1.165, 1.54) is 0 Å². The predicted octanol–water partition coefficient (Wildman–Crippen LogP) is 0.128. The summed E-state index contributed by atoms with van der Waals surface area (Å²) < 4.78 is 0. The second-order valence-corrected chi connectivity index (χ2v) is 5.00. The van der Waals surface area contributed by atoms with E-state index in [0.29, 0.717) is 0 Å². The highest BCUT2D eigenvalue weighted by atomic mass is 16.4. The van der Waals surface area contributed by atoms with Crippen molar-refractivity contribution in [1.29, 1.82) is 0 Å². The summed E-state index contributed by atoms with van der Waals surface area (Å²) in [5.41, 5.74) is -0.549. The first-order valence-corrected chi connectivity index (χ1v) is 5.42. The Bertz CT molecular complexity index is 307. The molecule has 17 heavy (non-hydrogen) atoms. The Labute approximate surface area is 101 Å². The molecule has 0 aromatic heterocycles.